The highest BCUT2D eigenvalue weighted by Crippen LogP contribution is 2.20. The molecular weight excluding hydrogens is 222 g/mol. The van der Waals surface area contributed by atoms with E-state index in [0.717, 1.165) is 12.8 Å². The van der Waals surface area contributed by atoms with Crippen LogP contribution in [0.1, 0.15) is 26.2 Å². The van der Waals surface area contributed by atoms with E-state index in [0.29, 0.717) is 12.3 Å². The smallest absolute Gasteiger partial charge is 0.220 e. The molecule has 1 amide bonds. The Morgan fingerprint density at radius 3 is 2.94 bits per heavy atom. The number of amides is 1. The first-order valence-corrected chi connectivity index (χ1v) is 7.05. The maximum absolute atomic E-state index is 11.7. The van der Waals surface area contributed by atoms with E-state index in [-0.39, 0.29) is 23.8 Å². The minimum Gasteiger partial charge on any atom is -0.395 e. The summed E-state index contributed by atoms with van der Waals surface area (Å²) in [5, 5.41) is 12.2. The molecule has 3 nitrogen and oxygen atoms in total. The first kappa shape index (κ1) is 13.6. The minimum absolute atomic E-state index is 0.0258. The van der Waals surface area contributed by atoms with Gasteiger partial charge in [-0.3, -0.25) is 4.79 Å². The second-order valence-corrected chi connectivity index (χ2v) is 5.36. The van der Waals surface area contributed by atoms with Crippen LogP contribution in [-0.2, 0) is 4.79 Å². The van der Waals surface area contributed by atoms with E-state index in [1.54, 1.807) is 11.8 Å². The van der Waals surface area contributed by atoms with E-state index in [4.69, 9.17) is 5.11 Å². The lowest BCUT2D eigenvalue weighted by Gasteiger charge is -2.21. The van der Waals surface area contributed by atoms with Crippen LogP contribution < -0.4 is 5.32 Å². The molecule has 0 radical (unpaired) electrons. The lowest BCUT2D eigenvalue weighted by atomic mass is 10.0. The molecule has 0 aromatic heterocycles. The van der Waals surface area contributed by atoms with Crippen LogP contribution in [0.2, 0.25) is 0 Å². The monoisotopic (exact) mass is 243 g/mol. The Hall–Kier alpha value is -0.480. The zero-order valence-corrected chi connectivity index (χ0v) is 10.8. The van der Waals surface area contributed by atoms with Crippen molar-refractivity contribution in [2.75, 3.05) is 12.9 Å². The Bertz CT molecular complexity index is 251. The molecule has 1 aliphatic rings. The predicted molar refractivity (Wildman–Crippen MR) is 68.5 cm³/mol. The van der Waals surface area contributed by atoms with Crippen LogP contribution in [0.15, 0.2) is 12.2 Å². The van der Waals surface area contributed by atoms with Gasteiger partial charge in [-0.15, -0.1) is 0 Å². The SMILES string of the molecule is CS[C@H](CO)[C@@H](C)NC(=O)C[C@H]1C=CCC1. The fourth-order valence-corrected chi connectivity index (χ4v) is 2.57. The molecule has 2 N–H and O–H groups in total. The molecule has 0 aromatic carbocycles. The first-order chi connectivity index (χ1) is 7.67. The van der Waals surface area contributed by atoms with E-state index in [1.165, 1.54) is 0 Å². The van der Waals surface area contributed by atoms with Gasteiger partial charge in [-0.1, -0.05) is 12.2 Å². The summed E-state index contributed by atoms with van der Waals surface area (Å²) in [4.78, 5) is 11.7. The number of aliphatic hydroxyl groups excluding tert-OH is 1. The average Bonchev–Trinajstić information content (AvgIpc) is 2.71. The van der Waals surface area contributed by atoms with Crippen molar-refractivity contribution in [1.82, 2.24) is 5.32 Å². The van der Waals surface area contributed by atoms with Crippen LogP contribution in [0.4, 0.5) is 0 Å². The largest absolute Gasteiger partial charge is 0.395 e. The van der Waals surface area contributed by atoms with Crippen molar-refractivity contribution >= 4 is 17.7 Å². The van der Waals surface area contributed by atoms with Gasteiger partial charge in [0.25, 0.3) is 0 Å². The summed E-state index contributed by atoms with van der Waals surface area (Å²) in [5.41, 5.74) is 0. The highest BCUT2D eigenvalue weighted by molar-refractivity contribution is 7.99. The summed E-state index contributed by atoms with van der Waals surface area (Å²) in [6, 6.07) is 0.0258. The van der Waals surface area contributed by atoms with Gasteiger partial charge in [0.1, 0.15) is 0 Å². The molecule has 0 spiro atoms. The van der Waals surface area contributed by atoms with Crippen LogP contribution >= 0.6 is 11.8 Å². The molecule has 0 aliphatic heterocycles. The third-order valence-electron chi connectivity index (χ3n) is 2.99. The number of thioether (sulfide) groups is 1. The molecule has 0 aromatic rings. The van der Waals surface area contributed by atoms with E-state index in [9.17, 15) is 4.79 Å². The van der Waals surface area contributed by atoms with Gasteiger partial charge in [0.05, 0.1) is 6.61 Å². The lowest BCUT2D eigenvalue weighted by Crippen LogP contribution is -2.41. The number of hydrogen-bond donors (Lipinski definition) is 2. The number of rotatable bonds is 6. The second kappa shape index (κ2) is 6.97. The maximum Gasteiger partial charge on any atom is 0.220 e. The molecule has 0 heterocycles. The van der Waals surface area contributed by atoms with Crippen LogP contribution in [0.3, 0.4) is 0 Å². The number of carbonyl (C=O) groups is 1. The van der Waals surface area contributed by atoms with Crippen molar-refractivity contribution in [2.45, 2.75) is 37.5 Å². The molecule has 3 atom stereocenters. The molecule has 1 aliphatic carbocycles. The Kier molecular flexibility index (Phi) is 5.91. The molecule has 0 unspecified atom stereocenters. The zero-order chi connectivity index (χ0) is 12.0. The van der Waals surface area contributed by atoms with Crippen LogP contribution in [0.5, 0.6) is 0 Å². The number of aliphatic hydroxyl groups is 1. The molecule has 92 valence electrons. The Labute approximate surface area is 102 Å². The topological polar surface area (TPSA) is 49.3 Å². The summed E-state index contributed by atoms with van der Waals surface area (Å²) in [6.45, 7) is 2.05. The van der Waals surface area contributed by atoms with Crippen molar-refractivity contribution in [3.8, 4) is 0 Å². The quantitative estimate of drug-likeness (QED) is 0.696. The molecule has 16 heavy (non-hydrogen) atoms. The predicted octanol–water partition coefficient (Wildman–Crippen LogP) is 1.57. The number of carbonyl (C=O) groups excluding carboxylic acids is 1. The van der Waals surface area contributed by atoms with Crippen LogP contribution in [0, 0.1) is 5.92 Å². The zero-order valence-electron chi connectivity index (χ0n) is 9.98. The highest BCUT2D eigenvalue weighted by atomic mass is 32.2. The second-order valence-electron chi connectivity index (χ2n) is 4.28. The molecule has 0 saturated heterocycles. The Balaban J connectivity index is 2.29. The van der Waals surface area contributed by atoms with Crippen molar-refractivity contribution < 1.29 is 9.90 Å². The summed E-state index contributed by atoms with van der Waals surface area (Å²) >= 11 is 1.58. The van der Waals surface area contributed by atoms with Gasteiger partial charge in [0, 0.05) is 17.7 Å². The number of hydrogen-bond acceptors (Lipinski definition) is 3. The number of allylic oxidation sites excluding steroid dienone is 2. The summed E-state index contributed by atoms with van der Waals surface area (Å²) in [7, 11) is 0. The first-order valence-electron chi connectivity index (χ1n) is 5.77. The summed E-state index contributed by atoms with van der Waals surface area (Å²) < 4.78 is 0. The minimum atomic E-state index is 0.0258. The van der Waals surface area contributed by atoms with Gasteiger partial charge in [-0.25, -0.2) is 0 Å². The van der Waals surface area contributed by atoms with Crippen LogP contribution in [-0.4, -0.2) is 35.2 Å². The molecule has 0 saturated carbocycles. The fourth-order valence-electron chi connectivity index (χ4n) is 1.95. The van der Waals surface area contributed by atoms with Gasteiger partial charge in [0.15, 0.2) is 0 Å². The van der Waals surface area contributed by atoms with E-state index >= 15 is 0 Å². The molecule has 4 heteroatoms. The van der Waals surface area contributed by atoms with E-state index in [1.807, 2.05) is 13.2 Å². The third kappa shape index (κ3) is 4.18. The van der Waals surface area contributed by atoms with Gasteiger partial charge >= 0.3 is 0 Å². The van der Waals surface area contributed by atoms with Gasteiger partial charge in [0.2, 0.25) is 5.91 Å². The maximum atomic E-state index is 11.7. The Morgan fingerprint density at radius 2 is 2.44 bits per heavy atom. The van der Waals surface area contributed by atoms with E-state index < -0.39 is 0 Å². The van der Waals surface area contributed by atoms with Crippen molar-refractivity contribution in [3.63, 3.8) is 0 Å². The van der Waals surface area contributed by atoms with Crippen LogP contribution in [0.25, 0.3) is 0 Å². The van der Waals surface area contributed by atoms with Crippen molar-refractivity contribution in [3.05, 3.63) is 12.2 Å². The molecule has 0 bridgehead atoms. The van der Waals surface area contributed by atoms with Gasteiger partial charge in [-0.05, 0) is 31.9 Å². The molecule has 0 fully saturated rings. The molecule has 1 rings (SSSR count). The summed E-state index contributed by atoms with van der Waals surface area (Å²) in [5.74, 6) is 0.505. The van der Waals surface area contributed by atoms with Gasteiger partial charge < -0.3 is 10.4 Å². The average molecular weight is 243 g/mol. The lowest BCUT2D eigenvalue weighted by molar-refractivity contribution is -0.122. The van der Waals surface area contributed by atoms with Crippen molar-refractivity contribution in [1.29, 1.82) is 0 Å². The highest BCUT2D eigenvalue weighted by Gasteiger charge is 2.19. The van der Waals surface area contributed by atoms with Gasteiger partial charge in [-0.2, -0.15) is 11.8 Å². The normalized spacial score (nSPS) is 23.1. The van der Waals surface area contributed by atoms with Crippen molar-refractivity contribution in [2.24, 2.45) is 5.92 Å². The Morgan fingerprint density at radius 1 is 1.69 bits per heavy atom. The number of nitrogens with one attached hydrogen (secondary N) is 1. The standard InChI is InChI=1S/C12H21NO2S/c1-9(11(8-14)16-2)13-12(15)7-10-5-3-4-6-10/h3,5,9-11,14H,4,6-8H2,1-2H3,(H,13,15)/t9-,10+,11-/m1/s1. The third-order valence-corrected chi connectivity index (χ3v) is 4.15. The summed E-state index contributed by atoms with van der Waals surface area (Å²) in [6.07, 6.45) is 8.98. The molecular formula is C12H21NO2S. The van der Waals surface area contributed by atoms with E-state index in [2.05, 4.69) is 17.5 Å². The fraction of sp³-hybridized carbons (Fsp3) is 0.750.